The second-order valence-corrected chi connectivity index (χ2v) is 10.3. The maximum absolute atomic E-state index is 15.1. The van der Waals surface area contributed by atoms with E-state index >= 15 is 8.78 Å². The Morgan fingerprint density at radius 2 is 1.29 bits per heavy atom. The monoisotopic (exact) mass is 524 g/mol. The molecule has 0 aromatic heterocycles. The maximum Gasteiger partial charge on any atom is 0.201 e. The zero-order valence-electron chi connectivity index (χ0n) is 22.0. The number of rotatable bonds is 11. The van der Waals surface area contributed by atoms with Gasteiger partial charge in [0.1, 0.15) is 0 Å². The lowest BCUT2D eigenvalue weighted by Crippen LogP contribution is -2.13. The molecule has 0 unspecified atom stereocenters. The van der Waals surface area contributed by atoms with Crippen molar-refractivity contribution in [2.24, 2.45) is 5.92 Å². The molecular weight excluding hydrogens is 488 g/mol. The third-order valence-corrected chi connectivity index (χ3v) is 7.72. The molecule has 38 heavy (non-hydrogen) atoms. The Hall–Kier alpha value is -3.08. The van der Waals surface area contributed by atoms with E-state index in [2.05, 4.69) is 13.5 Å². The molecule has 0 spiro atoms. The van der Waals surface area contributed by atoms with E-state index in [1.54, 1.807) is 36.4 Å². The quantitative estimate of drug-likeness (QED) is 0.138. The lowest BCUT2D eigenvalue weighted by Gasteiger charge is -2.27. The molecule has 0 heterocycles. The van der Waals surface area contributed by atoms with Crippen molar-refractivity contribution in [1.82, 2.24) is 0 Å². The lowest BCUT2D eigenvalue weighted by molar-refractivity contribution is 0.285. The third-order valence-electron chi connectivity index (χ3n) is 7.72. The average Bonchev–Trinajstić information content (AvgIpc) is 2.94. The molecule has 3 aromatic carbocycles. The molecule has 202 valence electrons. The zero-order chi connectivity index (χ0) is 27.1. The van der Waals surface area contributed by atoms with Crippen molar-refractivity contribution in [3.05, 3.63) is 90.0 Å². The van der Waals surface area contributed by atoms with E-state index < -0.39 is 23.3 Å². The molecule has 1 fully saturated rings. The van der Waals surface area contributed by atoms with E-state index in [1.165, 1.54) is 12.1 Å². The van der Waals surface area contributed by atoms with Crippen molar-refractivity contribution in [2.45, 2.75) is 70.6 Å². The molecule has 0 saturated heterocycles. The van der Waals surface area contributed by atoms with Gasteiger partial charge in [-0.25, -0.2) is 13.2 Å². The summed E-state index contributed by atoms with van der Waals surface area (Å²) in [6.07, 6.45) is 10.6. The summed E-state index contributed by atoms with van der Waals surface area (Å²) in [4.78, 5) is 0. The first kappa shape index (κ1) is 27.9. The van der Waals surface area contributed by atoms with E-state index in [-0.39, 0.29) is 22.8 Å². The Kier molecular flexibility index (Phi) is 9.65. The van der Waals surface area contributed by atoms with Gasteiger partial charge < -0.3 is 4.74 Å². The summed E-state index contributed by atoms with van der Waals surface area (Å²) in [5.74, 6) is -3.35. The van der Waals surface area contributed by atoms with Gasteiger partial charge in [-0.05, 0) is 72.8 Å². The Morgan fingerprint density at radius 3 is 1.89 bits per heavy atom. The molecule has 1 aliphatic carbocycles. The number of hydrogen-bond acceptors (Lipinski definition) is 1. The van der Waals surface area contributed by atoms with Crippen LogP contribution in [0.15, 0.2) is 61.2 Å². The van der Waals surface area contributed by atoms with Gasteiger partial charge in [0.15, 0.2) is 23.2 Å². The molecule has 0 amide bonds. The van der Waals surface area contributed by atoms with E-state index in [4.69, 9.17) is 4.74 Å². The Labute approximate surface area is 223 Å². The van der Waals surface area contributed by atoms with Gasteiger partial charge in [-0.2, -0.15) is 4.39 Å². The molecule has 1 nitrogen and oxygen atoms in total. The van der Waals surface area contributed by atoms with E-state index in [0.717, 1.165) is 57.8 Å². The highest BCUT2D eigenvalue weighted by atomic mass is 19.2. The minimum atomic E-state index is -1.02. The van der Waals surface area contributed by atoms with Crippen LogP contribution in [0.5, 0.6) is 5.75 Å². The summed E-state index contributed by atoms with van der Waals surface area (Å²) in [6, 6.07) is 12.6. The molecule has 1 aliphatic rings. The predicted molar refractivity (Wildman–Crippen MR) is 146 cm³/mol. The fourth-order valence-electron chi connectivity index (χ4n) is 5.35. The minimum Gasteiger partial charge on any atom is -0.490 e. The van der Waals surface area contributed by atoms with Gasteiger partial charge in [0, 0.05) is 11.1 Å². The van der Waals surface area contributed by atoms with Crippen molar-refractivity contribution < 1.29 is 22.3 Å². The number of allylic oxidation sites excluding steroid dienone is 1. The molecule has 0 aliphatic heterocycles. The second kappa shape index (κ2) is 13.1. The molecule has 4 rings (SSSR count). The molecule has 1 saturated carbocycles. The summed E-state index contributed by atoms with van der Waals surface area (Å²) in [5, 5.41) is 0. The summed E-state index contributed by atoms with van der Waals surface area (Å²) < 4.78 is 65.1. The van der Waals surface area contributed by atoms with E-state index in [1.807, 2.05) is 6.08 Å². The topological polar surface area (TPSA) is 9.23 Å². The molecule has 0 radical (unpaired) electrons. The first-order valence-electron chi connectivity index (χ1n) is 13.8. The van der Waals surface area contributed by atoms with Crippen LogP contribution >= 0.6 is 0 Å². The van der Waals surface area contributed by atoms with Gasteiger partial charge in [0.2, 0.25) is 5.82 Å². The van der Waals surface area contributed by atoms with Gasteiger partial charge in [-0.3, -0.25) is 0 Å². The first-order chi connectivity index (χ1) is 18.4. The smallest absolute Gasteiger partial charge is 0.201 e. The van der Waals surface area contributed by atoms with Crippen LogP contribution in [0, 0.1) is 29.2 Å². The van der Waals surface area contributed by atoms with Crippen LogP contribution in [0.2, 0.25) is 0 Å². The lowest BCUT2D eigenvalue weighted by atomic mass is 9.78. The van der Waals surface area contributed by atoms with Crippen LogP contribution in [0.25, 0.3) is 22.3 Å². The summed E-state index contributed by atoms with van der Waals surface area (Å²) in [6.45, 7) is 6.31. The molecule has 5 heteroatoms. The Morgan fingerprint density at radius 1 is 0.711 bits per heavy atom. The van der Waals surface area contributed by atoms with Gasteiger partial charge >= 0.3 is 0 Å². The van der Waals surface area contributed by atoms with E-state index in [0.29, 0.717) is 29.2 Å². The second-order valence-electron chi connectivity index (χ2n) is 10.3. The summed E-state index contributed by atoms with van der Waals surface area (Å²) in [7, 11) is 0. The zero-order valence-corrected chi connectivity index (χ0v) is 22.0. The van der Waals surface area contributed by atoms with Crippen molar-refractivity contribution >= 4 is 0 Å². The third kappa shape index (κ3) is 6.31. The molecular formula is C33H36F4O. The number of hydrogen-bond donors (Lipinski definition) is 0. The summed E-state index contributed by atoms with van der Waals surface area (Å²) in [5.41, 5.74) is 1.56. The highest BCUT2D eigenvalue weighted by Crippen LogP contribution is 2.39. The van der Waals surface area contributed by atoms with Crippen LogP contribution < -0.4 is 4.74 Å². The highest BCUT2D eigenvalue weighted by Gasteiger charge is 2.25. The normalized spacial score (nSPS) is 17.4. The predicted octanol–water partition coefficient (Wildman–Crippen LogP) is 10.4. The van der Waals surface area contributed by atoms with Gasteiger partial charge in [-0.1, -0.05) is 75.1 Å². The Balaban J connectivity index is 1.46. The van der Waals surface area contributed by atoms with Gasteiger partial charge in [0.25, 0.3) is 0 Å². The largest absolute Gasteiger partial charge is 0.490 e. The van der Waals surface area contributed by atoms with Crippen LogP contribution in [0.3, 0.4) is 0 Å². The van der Waals surface area contributed by atoms with Gasteiger partial charge in [0.05, 0.1) is 6.61 Å². The molecule has 0 N–H and O–H groups in total. The molecule has 0 bridgehead atoms. The first-order valence-corrected chi connectivity index (χ1v) is 13.8. The fourth-order valence-corrected chi connectivity index (χ4v) is 5.35. The average molecular weight is 525 g/mol. The molecule has 3 aromatic rings. The van der Waals surface area contributed by atoms with E-state index in [9.17, 15) is 8.78 Å². The van der Waals surface area contributed by atoms with Crippen molar-refractivity contribution in [1.29, 1.82) is 0 Å². The minimum absolute atomic E-state index is 0.00278. The summed E-state index contributed by atoms with van der Waals surface area (Å²) >= 11 is 0. The van der Waals surface area contributed by atoms with Crippen LogP contribution in [-0.2, 0) is 0 Å². The Bertz CT molecular complexity index is 1230. The highest BCUT2D eigenvalue weighted by molar-refractivity contribution is 5.72. The molecule has 0 atom stereocenters. The fraction of sp³-hybridized carbons (Fsp3) is 0.394. The van der Waals surface area contributed by atoms with Crippen molar-refractivity contribution in [2.75, 3.05) is 6.61 Å². The number of unbranched alkanes of at least 4 members (excludes halogenated alkanes) is 4. The van der Waals surface area contributed by atoms with Crippen LogP contribution in [0.4, 0.5) is 17.6 Å². The number of halogens is 4. The van der Waals surface area contributed by atoms with Gasteiger partial charge in [-0.15, -0.1) is 6.58 Å². The standard InChI is InChI=1S/C33H36F4O/c1-3-5-6-7-8-21-38-29-20-19-28(32(36)33(29)37)25-15-13-24(14-16-25)27-18-17-26(30(34)31(27)35)23-11-9-22(4-2)10-12-23/h4,13-20,22-23H,2-3,5-12,21H2,1H3. The van der Waals surface area contributed by atoms with Crippen molar-refractivity contribution in [3.8, 4) is 28.0 Å². The maximum atomic E-state index is 15.1. The van der Waals surface area contributed by atoms with Crippen LogP contribution in [0.1, 0.15) is 76.2 Å². The number of benzene rings is 3. The number of ether oxygens (including phenoxy) is 1. The van der Waals surface area contributed by atoms with Crippen LogP contribution in [-0.4, -0.2) is 6.61 Å². The van der Waals surface area contributed by atoms with Crippen molar-refractivity contribution in [3.63, 3.8) is 0 Å². The SMILES string of the molecule is C=CC1CCC(c2ccc(-c3ccc(-c4ccc(OCCCCCCC)c(F)c4F)cc3)c(F)c2F)CC1.